The van der Waals surface area contributed by atoms with E-state index in [-0.39, 0.29) is 0 Å². The summed E-state index contributed by atoms with van der Waals surface area (Å²) in [4.78, 5) is 4.29. The Morgan fingerprint density at radius 2 is 1.46 bits per heavy atom. The van der Waals surface area contributed by atoms with Gasteiger partial charge in [0, 0.05) is 15.5 Å². The van der Waals surface area contributed by atoms with Gasteiger partial charge in [0.15, 0.2) is 0 Å². The van der Waals surface area contributed by atoms with Crippen LogP contribution < -0.4 is 10.7 Å². The third-order valence-electron chi connectivity index (χ3n) is 3.60. The number of hydrogen-bond donors (Lipinski definition) is 2. The van der Waals surface area contributed by atoms with E-state index in [1.807, 2.05) is 72.8 Å². The number of nitrogens with one attached hydrogen (secondary N) is 2. The van der Waals surface area contributed by atoms with Gasteiger partial charge in [-0.15, -0.1) is 0 Å². The van der Waals surface area contributed by atoms with Crippen LogP contribution in [0.5, 0.6) is 0 Å². The van der Waals surface area contributed by atoms with Crippen molar-refractivity contribution in [3.05, 3.63) is 80.8 Å². The summed E-state index contributed by atoms with van der Waals surface area (Å²) in [5.41, 5.74) is 5.99. The third-order valence-corrected chi connectivity index (χ3v) is 4.66. The van der Waals surface area contributed by atoms with Crippen LogP contribution in [0.1, 0.15) is 11.1 Å². The van der Waals surface area contributed by atoms with Crippen LogP contribution in [-0.4, -0.2) is 24.8 Å². The zero-order valence-corrected chi connectivity index (χ0v) is 17.2. The zero-order valence-electron chi connectivity index (χ0n) is 14.0. The summed E-state index contributed by atoms with van der Waals surface area (Å²) in [6.07, 6.45) is 8.01. The van der Waals surface area contributed by atoms with Crippen LogP contribution in [0.4, 0.5) is 0 Å². The second-order valence-corrected chi connectivity index (χ2v) is 7.41. The predicted molar refractivity (Wildman–Crippen MR) is 117 cm³/mol. The molecule has 1 aliphatic heterocycles. The number of rotatable bonds is 5. The van der Waals surface area contributed by atoms with Crippen molar-refractivity contribution in [3.63, 3.8) is 0 Å². The van der Waals surface area contributed by atoms with E-state index in [1.165, 1.54) is 0 Å². The maximum absolute atomic E-state index is 4.45. The lowest BCUT2D eigenvalue weighted by atomic mass is 10.1. The average Bonchev–Trinajstić information content (AvgIpc) is 3.17. The quantitative estimate of drug-likeness (QED) is 0.482. The first kappa shape index (κ1) is 18.6. The molecule has 0 unspecified atom stereocenters. The molecule has 132 valence electrons. The zero-order chi connectivity index (χ0) is 18.2. The lowest BCUT2D eigenvalue weighted by molar-refractivity contribution is 0.918. The molecule has 0 aromatic heterocycles. The number of guanidine groups is 1. The van der Waals surface area contributed by atoms with Gasteiger partial charge in [0.2, 0.25) is 5.96 Å². The molecular formula is C20H18Br2N4. The SMILES string of the molecule is Brc1ccc(/C=C/C(/C=C/c2ccc(Br)cc2)=NNC2=NCCN2)cc1. The Hall–Kier alpha value is -2.18. The number of nitrogens with zero attached hydrogens (tertiary/aromatic N) is 2. The summed E-state index contributed by atoms with van der Waals surface area (Å²) < 4.78 is 2.12. The van der Waals surface area contributed by atoms with Crippen LogP contribution in [0, 0.1) is 0 Å². The van der Waals surface area contributed by atoms with Crippen molar-refractivity contribution in [1.82, 2.24) is 10.7 Å². The fourth-order valence-electron chi connectivity index (χ4n) is 2.23. The molecule has 6 heteroatoms. The molecule has 2 N–H and O–H groups in total. The van der Waals surface area contributed by atoms with E-state index in [2.05, 4.69) is 52.7 Å². The van der Waals surface area contributed by atoms with Crippen LogP contribution in [0.25, 0.3) is 12.2 Å². The molecule has 0 saturated carbocycles. The second-order valence-electron chi connectivity index (χ2n) is 5.58. The normalized spacial score (nSPS) is 13.7. The van der Waals surface area contributed by atoms with E-state index >= 15 is 0 Å². The molecule has 0 fully saturated rings. The maximum atomic E-state index is 4.45. The Kier molecular flexibility index (Phi) is 6.80. The molecule has 0 atom stereocenters. The average molecular weight is 474 g/mol. The van der Waals surface area contributed by atoms with Crippen molar-refractivity contribution in [1.29, 1.82) is 0 Å². The Labute approximate surface area is 170 Å². The standard InChI is InChI=1S/C20H18Br2N4/c21-17-7-1-15(2-8-17)5-11-19(25-26-20-23-13-14-24-20)12-6-16-3-9-18(22)10-4-16/h1-12H,13-14H2,(H2,23,24,26)/b11-5+,12-6+. The smallest absolute Gasteiger partial charge is 0.212 e. The van der Waals surface area contributed by atoms with Crippen LogP contribution in [0.3, 0.4) is 0 Å². The van der Waals surface area contributed by atoms with Gasteiger partial charge in [-0.2, -0.15) is 5.10 Å². The van der Waals surface area contributed by atoms with Gasteiger partial charge in [-0.1, -0.05) is 68.3 Å². The van der Waals surface area contributed by atoms with Gasteiger partial charge in [-0.3, -0.25) is 0 Å². The lowest BCUT2D eigenvalue weighted by Gasteiger charge is -2.02. The minimum atomic E-state index is 0.705. The molecule has 0 amide bonds. The summed E-state index contributed by atoms with van der Waals surface area (Å²) in [5, 5.41) is 7.60. The van der Waals surface area contributed by atoms with E-state index in [1.54, 1.807) is 0 Å². The largest absolute Gasteiger partial charge is 0.353 e. The number of benzene rings is 2. The van der Waals surface area contributed by atoms with Gasteiger partial charge < -0.3 is 5.32 Å². The van der Waals surface area contributed by atoms with Gasteiger partial charge in [-0.25, -0.2) is 10.4 Å². The first-order valence-electron chi connectivity index (χ1n) is 8.18. The van der Waals surface area contributed by atoms with E-state index in [0.29, 0.717) is 5.96 Å². The molecule has 0 bridgehead atoms. The number of allylic oxidation sites excluding steroid dienone is 2. The minimum Gasteiger partial charge on any atom is -0.353 e. The Bertz CT molecular complexity index is 793. The summed E-state index contributed by atoms with van der Waals surface area (Å²) in [5.74, 6) is 0.705. The van der Waals surface area contributed by atoms with E-state index in [4.69, 9.17) is 0 Å². The molecule has 0 radical (unpaired) electrons. The molecule has 4 nitrogen and oxygen atoms in total. The third kappa shape index (κ3) is 5.97. The Morgan fingerprint density at radius 3 is 1.92 bits per heavy atom. The topological polar surface area (TPSA) is 48.8 Å². The van der Waals surface area contributed by atoms with Crippen molar-refractivity contribution in [2.24, 2.45) is 10.1 Å². The fraction of sp³-hybridized carbons (Fsp3) is 0.100. The molecule has 26 heavy (non-hydrogen) atoms. The summed E-state index contributed by atoms with van der Waals surface area (Å²) in [6, 6.07) is 16.3. The van der Waals surface area contributed by atoms with Gasteiger partial charge in [-0.05, 0) is 47.5 Å². The Balaban J connectivity index is 1.77. The second kappa shape index (κ2) is 9.50. The van der Waals surface area contributed by atoms with Crippen LogP contribution in [0.15, 0.2) is 79.7 Å². The van der Waals surface area contributed by atoms with Crippen molar-refractivity contribution in [2.75, 3.05) is 13.1 Å². The van der Waals surface area contributed by atoms with E-state index in [9.17, 15) is 0 Å². The van der Waals surface area contributed by atoms with Gasteiger partial charge in [0.25, 0.3) is 0 Å². The van der Waals surface area contributed by atoms with Crippen molar-refractivity contribution >= 4 is 55.7 Å². The predicted octanol–water partition coefficient (Wildman–Crippen LogP) is 4.84. The van der Waals surface area contributed by atoms with Gasteiger partial charge >= 0.3 is 0 Å². The molecule has 2 aromatic rings. The number of halogens is 2. The highest BCUT2D eigenvalue weighted by Crippen LogP contribution is 2.13. The number of hydrazone groups is 1. The molecule has 3 rings (SSSR count). The highest BCUT2D eigenvalue weighted by atomic mass is 79.9. The maximum Gasteiger partial charge on any atom is 0.212 e. The molecule has 2 aromatic carbocycles. The van der Waals surface area contributed by atoms with E-state index in [0.717, 1.165) is 38.9 Å². The summed E-state index contributed by atoms with van der Waals surface area (Å²) >= 11 is 6.90. The first-order valence-corrected chi connectivity index (χ1v) is 9.77. The van der Waals surface area contributed by atoms with Crippen LogP contribution >= 0.6 is 31.9 Å². The fourth-order valence-corrected chi connectivity index (χ4v) is 2.76. The first-order chi connectivity index (χ1) is 12.7. The molecule has 1 heterocycles. The van der Waals surface area contributed by atoms with Crippen LogP contribution in [-0.2, 0) is 0 Å². The highest BCUT2D eigenvalue weighted by Gasteiger charge is 2.02. The number of hydrogen-bond acceptors (Lipinski definition) is 4. The van der Waals surface area contributed by atoms with Gasteiger partial charge in [0.05, 0.1) is 12.3 Å². The van der Waals surface area contributed by atoms with E-state index < -0.39 is 0 Å². The number of aliphatic imine (C=N–C) groups is 1. The van der Waals surface area contributed by atoms with Gasteiger partial charge in [0.1, 0.15) is 0 Å². The molecule has 0 spiro atoms. The van der Waals surface area contributed by atoms with Crippen molar-refractivity contribution < 1.29 is 0 Å². The highest BCUT2D eigenvalue weighted by molar-refractivity contribution is 9.10. The molecular weight excluding hydrogens is 456 g/mol. The lowest BCUT2D eigenvalue weighted by Crippen LogP contribution is -2.30. The molecule has 1 aliphatic rings. The summed E-state index contributed by atoms with van der Waals surface area (Å²) in [6.45, 7) is 1.62. The Morgan fingerprint density at radius 1 is 0.923 bits per heavy atom. The molecule has 0 saturated heterocycles. The van der Waals surface area contributed by atoms with Crippen molar-refractivity contribution in [3.8, 4) is 0 Å². The molecule has 0 aliphatic carbocycles. The van der Waals surface area contributed by atoms with Crippen LogP contribution in [0.2, 0.25) is 0 Å². The summed E-state index contributed by atoms with van der Waals surface area (Å²) in [7, 11) is 0. The minimum absolute atomic E-state index is 0.705. The van der Waals surface area contributed by atoms with Crippen molar-refractivity contribution in [2.45, 2.75) is 0 Å². The monoisotopic (exact) mass is 472 g/mol.